The maximum absolute atomic E-state index is 9.32. The van der Waals surface area contributed by atoms with E-state index in [0.717, 1.165) is 82.4 Å². The molecule has 0 aliphatic heterocycles. The van der Waals surface area contributed by atoms with E-state index >= 15 is 0 Å². The quantitative estimate of drug-likeness (QED) is 0.170. The highest BCUT2D eigenvalue weighted by atomic mass is 16.3. The van der Waals surface area contributed by atoms with Gasteiger partial charge in [0, 0.05) is 32.8 Å². The molecular weight excluding hydrogens is 649 g/mol. The molecule has 10 rings (SSSR count). The topological polar surface area (TPSA) is 75.6 Å². The molecule has 0 unspecified atom stereocenters. The standard InChI is InChI=1S/C48H28N4O/c49-29-30-18-20-31(21-19-30)35-22-24-38-39-25-23-36(28-42(39)45-44(41(38)27-35)40-16-7-8-17-43(40)53-45)34-14-9-15-37(26-34)48-51-46(32-10-3-1-4-11-32)50-47(52-48)33-12-5-2-6-13-33/h1-28H. The van der Waals surface area contributed by atoms with Crippen molar-refractivity contribution in [2.24, 2.45) is 0 Å². The van der Waals surface area contributed by atoms with Crippen LogP contribution in [0.25, 0.3) is 99.9 Å². The van der Waals surface area contributed by atoms with Crippen LogP contribution in [0.2, 0.25) is 0 Å². The van der Waals surface area contributed by atoms with E-state index in [9.17, 15) is 5.26 Å². The van der Waals surface area contributed by atoms with Crippen LogP contribution in [0.5, 0.6) is 0 Å². The Morgan fingerprint density at radius 3 is 1.57 bits per heavy atom. The second-order valence-electron chi connectivity index (χ2n) is 13.1. The van der Waals surface area contributed by atoms with Crippen LogP contribution in [-0.2, 0) is 0 Å². The van der Waals surface area contributed by atoms with Gasteiger partial charge in [-0.15, -0.1) is 0 Å². The summed E-state index contributed by atoms with van der Waals surface area (Å²) >= 11 is 0. The molecule has 0 saturated carbocycles. The van der Waals surface area contributed by atoms with Gasteiger partial charge in [0.2, 0.25) is 0 Å². The van der Waals surface area contributed by atoms with E-state index in [0.29, 0.717) is 23.0 Å². The van der Waals surface area contributed by atoms with Gasteiger partial charge in [0.15, 0.2) is 17.5 Å². The Labute approximate surface area is 305 Å². The second-order valence-corrected chi connectivity index (χ2v) is 13.1. The van der Waals surface area contributed by atoms with E-state index in [1.165, 1.54) is 0 Å². The Kier molecular flexibility index (Phi) is 7.12. The first-order valence-electron chi connectivity index (χ1n) is 17.5. The molecule has 0 amide bonds. The second kappa shape index (κ2) is 12.4. The molecule has 0 spiro atoms. The Hall–Kier alpha value is -7.42. The van der Waals surface area contributed by atoms with Crippen molar-refractivity contribution >= 4 is 43.5 Å². The molecule has 53 heavy (non-hydrogen) atoms. The number of fused-ring (bicyclic) bond motifs is 8. The van der Waals surface area contributed by atoms with Crippen molar-refractivity contribution in [2.75, 3.05) is 0 Å². The van der Waals surface area contributed by atoms with Crippen molar-refractivity contribution in [1.29, 1.82) is 5.26 Å². The van der Waals surface area contributed by atoms with Crippen LogP contribution in [0.15, 0.2) is 174 Å². The normalized spacial score (nSPS) is 11.4. The molecule has 2 heterocycles. The minimum atomic E-state index is 0.615. The van der Waals surface area contributed by atoms with Gasteiger partial charge >= 0.3 is 0 Å². The van der Waals surface area contributed by atoms with Crippen molar-refractivity contribution < 1.29 is 4.42 Å². The zero-order chi connectivity index (χ0) is 35.3. The van der Waals surface area contributed by atoms with Crippen LogP contribution in [0.1, 0.15) is 5.56 Å². The Morgan fingerprint density at radius 2 is 0.887 bits per heavy atom. The average molecular weight is 677 g/mol. The number of nitrogens with zero attached hydrogens (tertiary/aromatic N) is 4. The molecule has 0 atom stereocenters. The number of hydrogen-bond acceptors (Lipinski definition) is 5. The van der Waals surface area contributed by atoms with Gasteiger partial charge in [0.25, 0.3) is 0 Å². The summed E-state index contributed by atoms with van der Waals surface area (Å²) in [5, 5.41) is 16.0. The number of benzene rings is 8. The number of furan rings is 1. The zero-order valence-corrected chi connectivity index (χ0v) is 28.4. The van der Waals surface area contributed by atoms with Gasteiger partial charge in [-0.05, 0) is 74.8 Å². The van der Waals surface area contributed by atoms with Crippen LogP contribution in [0.4, 0.5) is 0 Å². The highest BCUT2D eigenvalue weighted by molar-refractivity contribution is 6.30. The van der Waals surface area contributed by atoms with E-state index < -0.39 is 0 Å². The SMILES string of the molecule is N#Cc1ccc(-c2ccc3c4ccc(-c5cccc(-c6nc(-c7ccccc7)nc(-c7ccccc7)n6)c5)cc4c4oc5ccccc5c4c3c2)cc1. The molecule has 0 radical (unpaired) electrons. The summed E-state index contributed by atoms with van der Waals surface area (Å²) in [6.07, 6.45) is 0. The first-order chi connectivity index (χ1) is 26.2. The number of rotatable bonds is 5. The van der Waals surface area contributed by atoms with Crippen molar-refractivity contribution in [3.63, 3.8) is 0 Å². The highest BCUT2D eigenvalue weighted by Gasteiger charge is 2.18. The molecule has 5 heteroatoms. The Balaban J connectivity index is 1.14. The first-order valence-corrected chi connectivity index (χ1v) is 17.5. The van der Waals surface area contributed by atoms with Gasteiger partial charge in [-0.2, -0.15) is 5.26 Å². The number of para-hydroxylation sites is 1. The third kappa shape index (κ3) is 5.29. The summed E-state index contributed by atoms with van der Waals surface area (Å²) in [5.74, 6) is 1.88. The summed E-state index contributed by atoms with van der Waals surface area (Å²) in [4.78, 5) is 14.8. The molecule has 0 aliphatic rings. The summed E-state index contributed by atoms with van der Waals surface area (Å²) in [6.45, 7) is 0. The predicted molar refractivity (Wildman–Crippen MR) is 214 cm³/mol. The lowest BCUT2D eigenvalue weighted by atomic mass is 9.92. The van der Waals surface area contributed by atoms with Crippen molar-refractivity contribution in [3.05, 3.63) is 175 Å². The largest absolute Gasteiger partial charge is 0.455 e. The maximum atomic E-state index is 9.32. The van der Waals surface area contributed by atoms with Crippen molar-refractivity contribution in [3.8, 4) is 62.5 Å². The molecule has 0 aliphatic carbocycles. The van der Waals surface area contributed by atoms with E-state index in [4.69, 9.17) is 19.4 Å². The molecule has 5 nitrogen and oxygen atoms in total. The van der Waals surface area contributed by atoms with E-state index in [1.54, 1.807) is 0 Å². The van der Waals surface area contributed by atoms with Gasteiger partial charge in [0.1, 0.15) is 11.2 Å². The highest BCUT2D eigenvalue weighted by Crippen LogP contribution is 2.43. The third-order valence-electron chi connectivity index (χ3n) is 9.94. The van der Waals surface area contributed by atoms with Gasteiger partial charge in [-0.25, -0.2) is 15.0 Å². The van der Waals surface area contributed by atoms with E-state index in [-0.39, 0.29) is 0 Å². The Morgan fingerprint density at radius 1 is 0.377 bits per heavy atom. The summed E-state index contributed by atoms with van der Waals surface area (Å²) in [5.41, 5.74) is 9.40. The fraction of sp³-hybridized carbons (Fsp3) is 0. The van der Waals surface area contributed by atoms with Crippen molar-refractivity contribution in [1.82, 2.24) is 15.0 Å². The zero-order valence-electron chi connectivity index (χ0n) is 28.4. The van der Waals surface area contributed by atoms with Crippen LogP contribution in [0, 0.1) is 11.3 Å². The maximum Gasteiger partial charge on any atom is 0.164 e. The van der Waals surface area contributed by atoms with Crippen molar-refractivity contribution in [2.45, 2.75) is 0 Å². The summed E-state index contributed by atoms with van der Waals surface area (Å²) in [7, 11) is 0. The number of hydrogen-bond donors (Lipinski definition) is 0. The van der Waals surface area contributed by atoms with E-state index in [1.807, 2.05) is 97.1 Å². The predicted octanol–water partition coefficient (Wildman–Crippen LogP) is 12.3. The molecular formula is C48H28N4O. The average Bonchev–Trinajstić information content (AvgIpc) is 3.64. The van der Waals surface area contributed by atoms with Gasteiger partial charge in [-0.1, -0.05) is 133 Å². The lowest BCUT2D eigenvalue weighted by molar-refractivity contribution is 0.673. The van der Waals surface area contributed by atoms with Gasteiger partial charge in [0.05, 0.1) is 11.6 Å². The fourth-order valence-corrected chi connectivity index (χ4v) is 7.33. The fourth-order valence-electron chi connectivity index (χ4n) is 7.33. The summed E-state index contributed by atoms with van der Waals surface area (Å²) in [6, 6.07) is 59.9. The monoisotopic (exact) mass is 676 g/mol. The van der Waals surface area contributed by atoms with Crippen LogP contribution in [-0.4, -0.2) is 15.0 Å². The minimum Gasteiger partial charge on any atom is -0.455 e. The van der Waals surface area contributed by atoms with Crippen LogP contribution >= 0.6 is 0 Å². The van der Waals surface area contributed by atoms with E-state index in [2.05, 4.69) is 78.9 Å². The molecule has 0 bridgehead atoms. The molecule has 0 N–H and O–H groups in total. The molecule has 8 aromatic carbocycles. The molecule has 246 valence electrons. The molecule has 10 aromatic rings. The minimum absolute atomic E-state index is 0.615. The lowest BCUT2D eigenvalue weighted by Gasteiger charge is -2.12. The first kappa shape index (κ1) is 30.4. The number of nitriles is 1. The third-order valence-corrected chi connectivity index (χ3v) is 9.94. The van der Waals surface area contributed by atoms with Gasteiger partial charge in [-0.3, -0.25) is 0 Å². The van der Waals surface area contributed by atoms with Crippen LogP contribution in [0.3, 0.4) is 0 Å². The lowest BCUT2D eigenvalue weighted by Crippen LogP contribution is -2.00. The smallest absolute Gasteiger partial charge is 0.164 e. The molecule has 0 saturated heterocycles. The molecule has 0 fully saturated rings. The van der Waals surface area contributed by atoms with Gasteiger partial charge < -0.3 is 4.42 Å². The molecule has 2 aromatic heterocycles. The van der Waals surface area contributed by atoms with Crippen LogP contribution < -0.4 is 0 Å². The Bertz CT molecular complexity index is 2990. The number of aromatic nitrogens is 3. The summed E-state index contributed by atoms with van der Waals surface area (Å²) < 4.78 is 6.68.